The molecular formula is C28H35FN4O3. The van der Waals surface area contributed by atoms with Gasteiger partial charge in [-0.15, -0.1) is 0 Å². The lowest BCUT2D eigenvalue weighted by atomic mass is 9.79. The molecule has 0 amide bonds. The number of aryl methyl sites for hydroxylation is 1. The van der Waals surface area contributed by atoms with Gasteiger partial charge in [0.15, 0.2) is 0 Å². The molecule has 1 saturated heterocycles. The average Bonchev–Trinajstić information content (AvgIpc) is 2.91. The second-order valence-electron chi connectivity index (χ2n) is 9.67. The fourth-order valence-electron chi connectivity index (χ4n) is 5.39. The fraction of sp³-hybridized carbons (Fsp3) is 0.500. The number of hydrogen-bond acceptors (Lipinski definition) is 6. The van der Waals surface area contributed by atoms with Gasteiger partial charge >= 0.3 is 5.97 Å². The van der Waals surface area contributed by atoms with Crippen molar-refractivity contribution in [2.45, 2.75) is 51.1 Å². The molecule has 0 radical (unpaired) electrons. The standard InChI is InChI=1S/C28H35FN4O3/c1-36-23-6-8-27-25(17-23)24(11-14-31-27)26(29)7-4-20-12-16-33(18-21(20)5-9-28(34)35)15-2-3-22-10-13-30-19-32-22/h6,8,10-11,13-14,17,19-21,26H,2-5,7,9,12,15-16,18H2,1H3,(H,34,35)/t20?,21?,26-/m0/s1. The van der Waals surface area contributed by atoms with Crippen molar-refractivity contribution in [2.75, 3.05) is 26.7 Å². The third-order valence-corrected chi connectivity index (χ3v) is 7.37. The molecule has 3 aromatic rings. The highest BCUT2D eigenvalue weighted by Gasteiger charge is 2.30. The van der Waals surface area contributed by atoms with Crippen molar-refractivity contribution < 1.29 is 19.0 Å². The van der Waals surface area contributed by atoms with E-state index in [1.807, 2.05) is 24.3 Å². The zero-order valence-electron chi connectivity index (χ0n) is 20.9. The minimum absolute atomic E-state index is 0.157. The number of fused-ring (bicyclic) bond motifs is 1. The van der Waals surface area contributed by atoms with Crippen LogP contribution in [0.5, 0.6) is 5.75 Å². The molecule has 0 bridgehead atoms. The van der Waals surface area contributed by atoms with Crippen LogP contribution in [0.1, 0.15) is 56.0 Å². The third-order valence-electron chi connectivity index (χ3n) is 7.37. The number of methoxy groups -OCH3 is 1. The van der Waals surface area contributed by atoms with Gasteiger partial charge in [0.25, 0.3) is 0 Å². The van der Waals surface area contributed by atoms with E-state index in [0.717, 1.165) is 61.9 Å². The summed E-state index contributed by atoms with van der Waals surface area (Å²) in [4.78, 5) is 26.3. The number of carboxylic acid groups (broad SMARTS) is 1. The number of nitrogens with zero attached hydrogens (tertiary/aromatic N) is 4. The van der Waals surface area contributed by atoms with Gasteiger partial charge in [-0.1, -0.05) is 0 Å². The molecule has 192 valence electrons. The van der Waals surface area contributed by atoms with Gasteiger partial charge in [0.05, 0.1) is 12.6 Å². The van der Waals surface area contributed by atoms with Crippen molar-refractivity contribution in [2.24, 2.45) is 11.8 Å². The predicted octanol–water partition coefficient (Wildman–Crippen LogP) is 5.26. The number of likely N-dealkylation sites (tertiary alicyclic amines) is 1. The largest absolute Gasteiger partial charge is 0.497 e. The van der Waals surface area contributed by atoms with E-state index < -0.39 is 12.1 Å². The molecule has 36 heavy (non-hydrogen) atoms. The molecule has 0 spiro atoms. The summed E-state index contributed by atoms with van der Waals surface area (Å²) in [7, 11) is 1.60. The summed E-state index contributed by atoms with van der Waals surface area (Å²) in [6, 6.07) is 9.24. The van der Waals surface area contributed by atoms with Crippen LogP contribution in [0, 0.1) is 11.8 Å². The van der Waals surface area contributed by atoms with Gasteiger partial charge in [0.2, 0.25) is 0 Å². The summed E-state index contributed by atoms with van der Waals surface area (Å²) < 4.78 is 20.8. The lowest BCUT2D eigenvalue weighted by Crippen LogP contribution is -2.41. The van der Waals surface area contributed by atoms with Gasteiger partial charge in [-0.05, 0) is 99.3 Å². The van der Waals surface area contributed by atoms with E-state index in [1.54, 1.807) is 31.9 Å². The quantitative estimate of drug-likeness (QED) is 0.367. The molecule has 3 heterocycles. The minimum Gasteiger partial charge on any atom is -0.497 e. The Balaban J connectivity index is 1.35. The van der Waals surface area contributed by atoms with Crippen LogP contribution in [0.2, 0.25) is 0 Å². The molecule has 1 aliphatic heterocycles. The van der Waals surface area contributed by atoms with Crippen molar-refractivity contribution in [3.8, 4) is 5.75 Å². The number of carboxylic acids is 1. The summed E-state index contributed by atoms with van der Waals surface area (Å²) in [6.07, 6.45) is 8.71. The summed E-state index contributed by atoms with van der Waals surface area (Å²) >= 11 is 0. The Morgan fingerprint density at radius 3 is 2.86 bits per heavy atom. The van der Waals surface area contributed by atoms with E-state index in [2.05, 4.69) is 19.9 Å². The van der Waals surface area contributed by atoms with Crippen LogP contribution in [-0.4, -0.2) is 57.7 Å². The van der Waals surface area contributed by atoms with Gasteiger partial charge in [-0.2, -0.15) is 0 Å². The zero-order valence-corrected chi connectivity index (χ0v) is 20.9. The van der Waals surface area contributed by atoms with Crippen molar-refractivity contribution in [1.29, 1.82) is 0 Å². The van der Waals surface area contributed by atoms with Gasteiger partial charge < -0.3 is 14.7 Å². The number of aromatic nitrogens is 3. The van der Waals surface area contributed by atoms with Crippen LogP contribution in [0.3, 0.4) is 0 Å². The fourth-order valence-corrected chi connectivity index (χ4v) is 5.39. The summed E-state index contributed by atoms with van der Waals surface area (Å²) in [6.45, 7) is 2.79. The average molecular weight is 495 g/mol. The molecule has 2 aromatic heterocycles. The molecule has 0 aliphatic carbocycles. The number of hydrogen-bond donors (Lipinski definition) is 1. The second-order valence-corrected chi connectivity index (χ2v) is 9.67. The van der Waals surface area contributed by atoms with Crippen molar-refractivity contribution in [3.63, 3.8) is 0 Å². The number of carbonyl (C=O) groups is 1. The van der Waals surface area contributed by atoms with E-state index in [4.69, 9.17) is 4.74 Å². The number of alkyl halides is 1. The Hall–Kier alpha value is -3.13. The zero-order chi connectivity index (χ0) is 25.3. The number of halogens is 1. The molecule has 1 N–H and O–H groups in total. The monoisotopic (exact) mass is 494 g/mol. The number of ether oxygens (including phenoxy) is 1. The summed E-state index contributed by atoms with van der Waals surface area (Å²) in [5, 5.41) is 10.1. The summed E-state index contributed by atoms with van der Waals surface area (Å²) in [5.41, 5.74) is 2.44. The van der Waals surface area contributed by atoms with Crippen LogP contribution in [0.25, 0.3) is 10.9 Å². The topological polar surface area (TPSA) is 88.4 Å². The molecule has 4 rings (SSSR count). The van der Waals surface area contributed by atoms with Crippen LogP contribution < -0.4 is 4.74 Å². The SMILES string of the molecule is COc1ccc2nccc([C@@H](F)CCC3CCN(CCCc4ccncn4)CC3CCC(=O)O)c2c1. The number of aliphatic carboxylic acids is 1. The van der Waals surface area contributed by atoms with Crippen molar-refractivity contribution in [1.82, 2.24) is 19.9 Å². The Morgan fingerprint density at radius 2 is 2.08 bits per heavy atom. The Kier molecular flexibility index (Phi) is 9.17. The van der Waals surface area contributed by atoms with Crippen molar-refractivity contribution >= 4 is 16.9 Å². The first kappa shape index (κ1) is 25.9. The maximum atomic E-state index is 15.5. The highest BCUT2D eigenvalue weighted by Crippen LogP contribution is 2.36. The molecule has 1 fully saturated rings. The first-order chi connectivity index (χ1) is 17.5. The Morgan fingerprint density at radius 1 is 1.19 bits per heavy atom. The van der Waals surface area contributed by atoms with Crippen LogP contribution in [-0.2, 0) is 11.2 Å². The minimum atomic E-state index is -1.10. The normalized spacial score (nSPS) is 19.3. The molecular weight excluding hydrogens is 459 g/mol. The smallest absolute Gasteiger partial charge is 0.303 e. The maximum Gasteiger partial charge on any atom is 0.303 e. The maximum absolute atomic E-state index is 15.5. The molecule has 8 heteroatoms. The highest BCUT2D eigenvalue weighted by molar-refractivity contribution is 5.83. The molecule has 1 aliphatic rings. The van der Waals surface area contributed by atoms with E-state index in [-0.39, 0.29) is 12.3 Å². The molecule has 3 atom stereocenters. The predicted molar refractivity (Wildman–Crippen MR) is 137 cm³/mol. The highest BCUT2D eigenvalue weighted by atomic mass is 19.1. The first-order valence-electron chi connectivity index (χ1n) is 12.8. The van der Waals surface area contributed by atoms with Crippen molar-refractivity contribution in [3.05, 3.63) is 60.3 Å². The third kappa shape index (κ3) is 6.97. The van der Waals surface area contributed by atoms with E-state index in [9.17, 15) is 9.90 Å². The number of benzene rings is 1. The number of rotatable bonds is 12. The van der Waals surface area contributed by atoms with E-state index in [0.29, 0.717) is 30.1 Å². The van der Waals surface area contributed by atoms with Crippen LogP contribution >= 0.6 is 0 Å². The summed E-state index contributed by atoms with van der Waals surface area (Å²) in [5.74, 6) is 0.499. The first-order valence-corrected chi connectivity index (χ1v) is 12.8. The van der Waals surface area contributed by atoms with Crippen LogP contribution in [0.4, 0.5) is 4.39 Å². The number of pyridine rings is 1. The lowest BCUT2D eigenvalue weighted by Gasteiger charge is -2.39. The Bertz CT molecular complexity index is 1130. The molecule has 2 unspecified atom stereocenters. The van der Waals surface area contributed by atoms with E-state index in [1.165, 1.54) is 0 Å². The Labute approximate surface area is 211 Å². The van der Waals surface area contributed by atoms with Gasteiger partial charge in [-0.3, -0.25) is 9.78 Å². The van der Waals surface area contributed by atoms with Gasteiger partial charge in [-0.25, -0.2) is 14.4 Å². The van der Waals surface area contributed by atoms with E-state index >= 15 is 4.39 Å². The second kappa shape index (κ2) is 12.7. The number of piperidine rings is 1. The lowest BCUT2D eigenvalue weighted by molar-refractivity contribution is -0.137. The van der Waals surface area contributed by atoms with Crippen LogP contribution in [0.15, 0.2) is 49.1 Å². The molecule has 0 saturated carbocycles. The van der Waals surface area contributed by atoms with Gasteiger partial charge in [0.1, 0.15) is 18.2 Å². The van der Waals surface area contributed by atoms with Gasteiger partial charge in [0, 0.05) is 36.4 Å². The molecule has 7 nitrogen and oxygen atoms in total. The molecule has 1 aromatic carbocycles.